The molecule has 4 rings (SSSR count). The lowest BCUT2D eigenvalue weighted by atomic mass is 10.0. The first-order chi connectivity index (χ1) is 15.3. The fraction of sp³-hybridized carbons (Fsp3) is 0.391. The van der Waals surface area contributed by atoms with E-state index < -0.39 is 17.5 Å². The number of fused-ring (bicyclic) bond motifs is 1. The van der Waals surface area contributed by atoms with Gasteiger partial charge < -0.3 is 10.6 Å². The van der Waals surface area contributed by atoms with Gasteiger partial charge >= 0.3 is 0 Å². The molecule has 2 aromatic carbocycles. The maximum absolute atomic E-state index is 14.4. The van der Waals surface area contributed by atoms with E-state index >= 15 is 0 Å². The lowest BCUT2D eigenvalue weighted by molar-refractivity contribution is -0.131. The summed E-state index contributed by atoms with van der Waals surface area (Å²) in [5, 5.41) is 4.89. The summed E-state index contributed by atoms with van der Waals surface area (Å²) in [6, 6.07) is 6.30. The first-order valence-corrected chi connectivity index (χ1v) is 11.2. The molecule has 3 aromatic rings. The fourth-order valence-corrected chi connectivity index (χ4v) is 3.86. The Hall–Kier alpha value is -2.52. The molecule has 2 N–H and O–H groups in total. The molecule has 0 spiro atoms. The van der Waals surface area contributed by atoms with Crippen LogP contribution < -0.4 is 5.73 Å². The summed E-state index contributed by atoms with van der Waals surface area (Å²) in [5.41, 5.74) is 6.29. The summed E-state index contributed by atoms with van der Waals surface area (Å²) >= 11 is 3.79. The number of para-hydroxylation sites is 1. The molecule has 5 nitrogen and oxygen atoms in total. The SMILES string of the molecule is CCS.N[C@H]1CCCN(C(=O)Cn2ncc3cccc(-c4c(F)cc(F)cc4F)c32)CC1. The highest BCUT2D eigenvalue weighted by Gasteiger charge is 2.22. The Bertz CT molecular complexity index is 1070. The summed E-state index contributed by atoms with van der Waals surface area (Å²) in [6.45, 7) is 3.14. The van der Waals surface area contributed by atoms with E-state index in [1.165, 1.54) is 10.7 Å². The molecule has 0 aliphatic carbocycles. The quantitative estimate of drug-likeness (QED) is 0.565. The van der Waals surface area contributed by atoms with Gasteiger partial charge in [-0.2, -0.15) is 17.7 Å². The number of carbonyl (C=O) groups is 1. The predicted molar refractivity (Wildman–Crippen MR) is 123 cm³/mol. The van der Waals surface area contributed by atoms with E-state index in [4.69, 9.17) is 5.73 Å². The molecule has 0 bridgehead atoms. The Kier molecular flexibility index (Phi) is 8.20. The Morgan fingerprint density at radius 3 is 2.56 bits per heavy atom. The Balaban J connectivity index is 0.000000913. The van der Waals surface area contributed by atoms with Crippen molar-refractivity contribution in [1.82, 2.24) is 14.7 Å². The molecule has 1 aliphatic rings. The largest absolute Gasteiger partial charge is 0.341 e. The molecule has 1 saturated heterocycles. The number of halogens is 3. The number of rotatable bonds is 3. The minimum absolute atomic E-state index is 0.0554. The number of hydrogen-bond donors (Lipinski definition) is 2. The summed E-state index contributed by atoms with van der Waals surface area (Å²) in [6.07, 6.45) is 4.00. The molecule has 2 heterocycles. The molecular weight excluding hydrogens is 437 g/mol. The van der Waals surface area contributed by atoms with Gasteiger partial charge in [0.25, 0.3) is 0 Å². The maximum atomic E-state index is 14.4. The smallest absolute Gasteiger partial charge is 0.244 e. The van der Waals surface area contributed by atoms with Gasteiger partial charge in [-0.1, -0.05) is 25.1 Å². The molecule has 9 heteroatoms. The van der Waals surface area contributed by atoms with Crippen LogP contribution >= 0.6 is 12.6 Å². The summed E-state index contributed by atoms with van der Waals surface area (Å²) in [5.74, 6) is -2.18. The van der Waals surface area contributed by atoms with E-state index in [2.05, 4.69) is 17.7 Å². The average Bonchev–Trinajstić information content (AvgIpc) is 3.00. The summed E-state index contributed by atoms with van der Waals surface area (Å²) in [7, 11) is 0. The molecule has 0 unspecified atom stereocenters. The van der Waals surface area contributed by atoms with Gasteiger partial charge in [-0.05, 0) is 25.0 Å². The summed E-state index contributed by atoms with van der Waals surface area (Å²) in [4.78, 5) is 14.6. The van der Waals surface area contributed by atoms with Crippen molar-refractivity contribution in [3.63, 3.8) is 0 Å². The lowest BCUT2D eigenvalue weighted by Gasteiger charge is -2.21. The number of aromatic nitrogens is 2. The molecule has 1 fully saturated rings. The van der Waals surface area contributed by atoms with Crippen molar-refractivity contribution in [3.8, 4) is 11.1 Å². The monoisotopic (exact) mass is 464 g/mol. The fourth-order valence-electron chi connectivity index (χ4n) is 3.86. The molecule has 1 amide bonds. The van der Waals surface area contributed by atoms with Gasteiger partial charge in [-0.15, -0.1) is 0 Å². The number of thiol groups is 1. The number of nitrogens with zero attached hydrogens (tertiary/aromatic N) is 3. The Morgan fingerprint density at radius 1 is 1.19 bits per heavy atom. The van der Waals surface area contributed by atoms with Crippen molar-refractivity contribution in [2.75, 3.05) is 18.8 Å². The highest BCUT2D eigenvalue weighted by Crippen LogP contribution is 2.33. The van der Waals surface area contributed by atoms with E-state index in [9.17, 15) is 18.0 Å². The Morgan fingerprint density at radius 2 is 1.88 bits per heavy atom. The van der Waals surface area contributed by atoms with Crippen molar-refractivity contribution in [2.24, 2.45) is 5.73 Å². The van der Waals surface area contributed by atoms with E-state index in [0.29, 0.717) is 36.1 Å². The van der Waals surface area contributed by atoms with Crippen LogP contribution in [0.25, 0.3) is 22.0 Å². The number of likely N-dealkylation sites (tertiary alicyclic amines) is 1. The molecule has 172 valence electrons. The second kappa shape index (κ2) is 10.9. The van der Waals surface area contributed by atoms with Gasteiger partial charge in [0.15, 0.2) is 0 Å². The van der Waals surface area contributed by atoms with Crippen LogP contribution in [0.15, 0.2) is 36.5 Å². The van der Waals surface area contributed by atoms with Crippen molar-refractivity contribution in [2.45, 2.75) is 38.8 Å². The Labute approximate surface area is 190 Å². The molecule has 1 atom stereocenters. The normalized spacial score (nSPS) is 16.4. The molecule has 1 aliphatic heterocycles. The molecule has 32 heavy (non-hydrogen) atoms. The van der Waals surface area contributed by atoms with E-state index in [-0.39, 0.29) is 29.6 Å². The van der Waals surface area contributed by atoms with Gasteiger partial charge in [-0.3, -0.25) is 9.48 Å². The predicted octanol–water partition coefficient (Wildman–Crippen LogP) is 4.40. The van der Waals surface area contributed by atoms with Crippen LogP contribution in [0.3, 0.4) is 0 Å². The minimum atomic E-state index is -1.00. The van der Waals surface area contributed by atoms with Crippen LogP contribution in [0, 0.1) is 17.5 Å². The molecular formula is C23H27F3N4OS. The van der Waals surface area contributed by atoms with Crippen LogP contribution in [-0.2, 0) is 11.3 Å². The van der Waals surface area contributed by atoms with Crippen LogP contribution in [0.2, 0.25) is 0 Å². The van der Waals surface area contributed by atoms with Crippen LogP contribution in [0.5, 0.6) is 0 Å². The van der Waals surface area contributed by atoms with Crippen molar-refractivity contribution in [3.05, 3.63) is 54.0 Å². The standard InChI is InChI=1S/C21H21F3N4O.C2H6S/c22-14-9-17(23)20(18(24)10-14)16-5-1-3-13-11-26-28(21(13)16)12-19(29)27-7-2-4-15(25)6-8-27;1-2-3/h1,3,5,9-11,15H,2,4,6-8,12,25H2;3H,2H2,1H3/t15-;/m0./s1. The summed E-state index contributed by atoms with van der Waals surface area (Å²) < 4.78 is 43.6. The maximum Gasteiger partial charge on any atom is 0.244 e. The van der Waals surface area contributed by atoms with E-state index in [1.54, 1.807) is 23.2 Å². The number of benzene rings is 2. The third kappa shape index (κ3) is 5.45. The number of amides is 1. The zero-order valence-corrected chi connectivity index (χ0v) is 18.8. The average molecular weight is 465 g/mol. The number of hydrogen-bond acceptors (Lipinski definition) is 4. The highest BCUT2D eigenvalue weighted by molar-refractivity contribution is 7.80. The molecule has 1 aromatic heterocycles. The van der Waals surface area contributed by atoms with Gasteiger partial charge in [0.1, 0.15) is 24.0 Å². The molecule has 0 radical (unpaired) electrons. The van der Waals surface area contributed by atoms with Crippen LogP contribution in [0.1, 0.15) is 26.2 Å². The van der Waals surface area contributed by atoms with Gasteiger partial charge in [0, 0.05) is 42.2 Å². The zero-order valence-electron chi connectivity index (χ0n) is 17.9. The van der Waals surface area contributed by atoms with E-state index in [1.807, 2.05) is 6.92 Å². The van der Waals surface area contributed by atoms with E-state index in [0.717, 1.165) is 25.0 Å². The molecule has 0 saturated carbocycles. The minimum Gasteiger partial charge on any atom is -0.341 e. The van der Waals surface area contributed by atoms with Gasteiger partial charge in [-0.25, -0.2) is 13.2 Å². The van der Waals surface area contributed by atoms with Crippen molar-refractivity contribution in [1.29, 1.82) is 0 Å². The number of nitrogens with two attached hydrogens (primary N) is 1. The third-order valence-electron chi connectivity index (χ3n) is 5.35. The number of carbonyl (C=O) groups excluding carboxylic acids is 1. The third-order valence-corrected chi connectivity index (χ3v) is 5.35. The van der Waals surface area contributed by atoms with Gasteiger partial charge in [0.2, 0.25) is 5.91 Å². The second-order valence-electron chi connectivity index (χ2n) is 7.68. The zero-order chi connectivity index (χ0) is 23.3. The topological polar surface area (TPSA) is 64.2 Å². The first-order valence-electron chi connectivity index (χ1n) is 10.6. The first kappa shape index (κ1) is 24.1. The second-order valence-corrected chi connectivity index (χ2v) is 8.31. The van der Waals surface area contributed by atoms with Crippen molar-refractivity contribution >= 4 is 29.4 Å². The van der Waals surface area contributed by atoms with Crippen molar-refractivity contribution < 1.29 is 18.0 Å². The van der Waals surface area contributed by atoms with Gasteiger partial charge in [0.05, 0.1) is 17.3 Å². The lowest BCUT2D eigenvalue weighted by Crippen LogP contribution is -2.35. The highest BCUT2D eigenvalue weighted by atomic mass is 32.1. The van der Waals surface area contributed by atoms with Crippen LogP contribution in [-0.4, -0.2) is 45.5 Å². The van der Waals surface area contributed by atoms with Crippen LogP contribution in [0.4, 0.5) is 13.2 Å².